The lowest BCUT2D eigenvalue weighted by Crippen LogP contribution is -2.11. The zero-order chi connectivity index (χ0) is 15.4. The Balaban J connectivity index is 2.23. The third-order valence-corrected chi connectivity index (χ3v) is 3.77. The van der Waals surface area contributed by atoms with Crippen LogP contribution in [0.4, 0.5) is 5.69 Å². The van der Waals surface area contributed by atoms with E-state index in [2.05, 4.69) is 5.32 Å². The van der Waals surface area contributed by atoms with Gasteiger partial charge in [-0.25, -0.2) is 4.79 Å². The van der Waals surface area contributed by atoms with Gasteiger partial charge in [-0.1, -0.05) is 0 Å². The minimum absolute atomic E-state index is 0.109. The molecule has 2 N–H and O–H groups in total. The molecule has 0 bridgehead atoms. The highest BCUT2D eigenvalue weighted by atomic mass is 32.1. The smallest absolute Gasteiger partial charge is 0.345 e. The topological polar surface area (TPSA) is 84.9 Å². The Bertz CT molecular complexity index is 680. The molecule has 110 valence electrons. The minimum atomic E-state index is -1.06. The van der Waals surface area contributed by atoms with Crippen molar-refractivity contribution >= 4 is 28.9 Å². The van der Waals surface area contributed by atoms with Gasteiger partial charge in [-0.3, -0.25) is 4.79 Å². The van der Waals surface area contributed by atoms with E-state index < -0.39 is 11.9 Å². The summed E-state index contributed by atoms with van der Waals surface area (Å²) in [6, 6.07) is 7.87. The van der Waals surface area contributed by atoms with Crippen molar-refractivity contribution < 1.29 is 24.2 Å². The summed E-state index contributed by atoms with van der Waals surface area (Å²) in [7, 11) is 3.01. The Kier molecular flexibility index (Phi) is 4.44. The zero-order valence-corrected chi connectivity index (χ0v) is 12.2. The summed E-state index contributed by atoms with van der Waals surface area (Å²) in [6.45, 7) is 0. The molecule has 1 aromatic carbocycles. The molecular weight excluding hydrogens is 294 g/mol. The van der Waals surface area contributed by atoms with E-state index in [0.717, 1.165) is 11.3 Å². The fourth-order valence-electron chi connectivity index (χ4n) is 1.67. The van der Waals surface area contributed by atoms with Crippen molar-refractivity contribution in [3.8, 4) is 11.5 Å². The molecule has 21 heavy (non-hydrogen) atoms. The lowest BCUT2D eigenvalue weighted by atomic mass is 10.2. The number of aromatic carboxylic acids is 1. The second-order valence-corrected chi connectivity index (χ2v) is 5.07. The molecule has 2 aromatic rings. The molecule has 1 aromatic heterocycles. The van der Waals surface area contributed by atoms with E-state index in [1.807, 2.05) is 0 Å². The first-order valence-electron chi connectivity index (χ1n) is 5.91. The summed E-state index contributed by atoms with van der Waals surface area (Å²) in [4.78, 5) is 23.4. The number of thiophene rings is 1. The highest BCUT2D eigenvalue weighted by Gasteiger charge is 2.15. The van der Waals surface area contributed by atoms with E-state index >= 15 is 0 Å². The van der Waals surface area contributed by atoms with Crippen LogP contribution in [0.3, 0.4) is 0 Å². The maximum absolute atomic E-state index is 12.1. The van der Waals surface area contributed by atoms with Crippen LogP contribution in [0.15, 0.2) is 30.3 Å². The predicted octanol–water partition coefficient (Wildman–Crippen LogP) is 2.72. The van der Waals surface area contributed by atoms with E-state index in [1.54, 1.807) is 18.2 Å². The highest BCUT2D eigenvalue weighted by Crippen LogP contribution is 2.29. The number of benzene rings is 1. The number of amides is 1. The summed E-state index contributed by atoms with van der Waals surface area (Å²) >= 11 is 0.908. The van der Waals surface area contributed by atoms with Gasteiger partial charge in [0.05, 0.1) is 24.8 Å². The average Bonchev–Trinajstić information content (AvgIpc) is 2.97. The van der Waals surface area contributed by atoms with Crippen LogP contribution in [-0.4, -0.2) is 31.2 Å². The van der Waals surface area contributed by atoms with Crippen molar-refractivity contribution in [3.63, 3.8) is 0 Å². The minimum Gasteiger partial charge on any atom is -0.497 e. The zero-order valence-electron chi connectivity index (χ0n) is 11.4. The van der Waals surface area contributed by atoms with Gasteiger partial charge < -0.3 is 19.9 Å². The number of hydrogen-bond acceptors (Lipinski definition) is 5. The van der Waals surface area contributed by atoms with E-state index in [9.17, 15) is 9.59 Å². The number of carbonyl (C=O) groups excluding carboxylic acids is 1. The molecule has 6 nitrogen and oxygen atoms in total. The molecule has 2 rings (SSSR count). The van der Waals surface area contributed by atoms with Gasteiger partial charge in [0, 0.05) is 6.07 Å². The van der Waals surface area contributed by atoms with Crippen LogP contribution in [0.2, 0.25) is 0 Å². The molecule has 0 radical (unpaired) electrons. The lowest BCUT2D eigenvalue weighted by molar-refractivity contribution is 0.0702. The van der Waals surface area contributed by atoms with Gasteiger partial charge in [0.2, 0.25) is 0 Å². The van der Waals surface area contributed by atoms with Gasteiger partial charge in [-0.15, -0.1) is 11.3 Å². The van der Waals surface area contributed by atoms with Crippen LogP contribution in [0, 0.1) is 0 Å². The molecular formula is C14H13NO5S. The second kappa shape index (κ2) is 6.27. The first-order chi connectivity index (χ1) is 10.0. The Morgan fingerprint density at radius 3 is 2.38 bits per heavy atom. The van der Waals surface area contributed by atoms with E-state index in [0.29, 0.717) is 22.1 Å². The van der Waals surface area contributed by atoms with Crippen molar-refractivity contribution in [2.45, 2.75) is 0 Å². The van der Waals surface area contributed by atoms with Gasteiger partial charge in [-0.05, 0) is 24.3 Å². The van der Waals surface area contributed by atoms with Crippen LogP contribution in [-0.2, 0) is 0 Å². The number of carboxylic acid groups (broad SMARTS) is 1. The molecule has 0 aliphatic carbocycles. The molecule has 7 heteroatoms. The van der Waals surface area contributed by atoms with Crippen LogP contribution in [0.25, 0.3) is 0 Å². The predicted molar refractivity (Wildman–Crippen MR) is 78.8 cm³/mol. The van der Waals surface area contributed by atoms with Gasteiger partial charge in [0.15, 0.2) is 0 Å². The number of rotatable bonds is 5. The molecule has 0 atom stereocenters. The molecule has 1 amide bonds. The van der Waals surface area contributed by atoms with Crippen LogP contribution < -0.4 is 14.8 Å². The molecule has 0 spiro atoms. The number of anilines is 1. The third-order valence-electron chi connectivity index (χ3n) is 2.70. The monoisotopic (exact) mass is 307 g/mol. The van der Waals surface area contributed by atoms with Crippen molar-refractivity contribution in [2.24, 2.45) is 0 Å². The Labute approximate surface area is 124 Å². The number of hydrogen-bond donors (Lipinski definition) is 2. The summed E-state index contributed by atoms with van der Waals surface area (Å²) in [5, 5.41) is 11.5. The molecule has 1 heterocycles. The first-order valence-corrected chi connectivity index (χ1v) is 6.73. The molecule has 0 aliphatic heterocycles. The highest BCUT2D eigenvalue weighted by molar-refractivity contribution is 7.15. The second-order valence-electron chi connectivity index (χ2n) is 3.99. The first kappa shape index (κ1) is 14.9. The fraction of sp³-hybridized carbons (Fsp3) is 0.143. The SMILES string of the molecule is COc1ccc(OC)c(NC(=O)c2ccc(C(=O)O)s2)c1. The normalized spacial score (nSPS) is 10.0. The maximum atomic E-state index is 12.1. The Hall–Kier alpha value is -2.54. The number of methoxy groups -OCH3 is 2. The Morgan fingerprint density at radius 1 is 1.10 bits per heavy atom. The van der Waals surface area contributed by atoms with Crippen molar-refractivity contribution in [1.82, 2.24) is 0 Å². The number of carboxylic acids is 1. The summed E-state index contributed by atoms with van der Waals surface area (Å²) in [5.41, 5.74) is 0.451. The van der Waals surface area contributed by atoms with Crippen LogP contribution in [0.1, 0.15) is 19.3 Å². The molecule has 0 aliphatic rings. The molecule has 0 saturated heterocycles. The number of nitrogens with one attached hydrogen (secondary N) is 1. The van der Waals surface area contributed by atoms with E-state index in [1.165, 1.54) is 26.4 Å². The lowest BCUT2D eigenvalue weighted by Gasteiger charge is -2.11. The van der Waals surface area contributed by atoms with Crippen molar-refractivity contribution in [1.29, 1.82) is 0 Å². The van der Waals surface area contributed by atoms with Crippen LogP contribution >= 0.6 is 11.3 Å². The quantitative estimate of drug-likeness (QED) is 0.887. The van der Waals surface area contributed by atoms with Crippen LogP contribution in [0.5, 0.6) is 11.5 Å². The van der Waals surface area contributed by atoms with Gasteiger partial charge >= 0.3 is 5.97 Å². The summed E-state index contributed by atoms with van der Waals surface area (Å²) < 4.78 is 10.3. The van der Waals surface area contributed by atoms with Gasteiger partial charge in [0.1, 0.15) is 16.4 Å². The fourth-order valence-corrected chi connectivity index (χ4v) is 2.41. The largest absolute Gasteiger partial charge is 0.497 e. The van der Waals surface area contributed by atoms with E-state index in [-0.39, 0.29) is 4.88 Å². The molecule has 0 unspecified atom stereocenters. The van der Waals surface area contributed by atoms with Crippen molar-refractivity contribution in [2.75, 3.05) is 19.5 Å². The maximum Gasteiger partial charge on any atom is 0.345 e. The standard InChI is InChI=1S/C14H13NO5S/c1-19-8-3-4-10(20-2)9(7-8)15-13(16)11-5-6-12(21-11)14(17)18/h3-7H,1-2H3,(H,15,16)(H,17,18). The van der Waals surface area contributed by atoms with E-state index in [4.69, 9.17) is 14.6 Å². The van der Waals surface area contributed by atoms with Gasteiger partial charge in [0.25, 0.3) is 5.91 Å². The van der Waals surface area contributed by atoms with Gasteiger partial charge in [-0.2, -0.15) is 0 Å². The molecule has 0 fully saturated rings. The Morgan fingerprint density at radius 2 is 1.81 bits per heavy atom. The third kappa shape index (κ3) is 3.32. The van der Waals surface area contributed by atoms with Crippen molar-refractivity contribution in [3.05, 3.63) is 40.1 Å². The summed E-state index contributed by atoms with van der Waals surface area (Å²) in [6.07, 6.45) is 0. The summed E-state index contributed by atoms with van der Waals surface area (Å²) in [5.74, 6) is -0.403. The average molecular weight is 307 g/mol. The number of ether oxygens (including phenoxy) is 2. The number of carbonyl (C=O) groups is 2. The molecule has 0 saturated carbocycles.